The third kappa shape index (κ3) is 6.00. The van der Waals surface area contributed by atoms with Crippen molar-refractivity contribution in [1.29, 1.82) is 0 Å². The molecule has 4 rings (SSSR count). The number of benzene rings is 1. The van der Waals surface area contributed by atoms with Crippen molar-refractivity contribution < 1.29 is 64.5 Å². The predicted molar refractivity (Wildman–Crippen MR) is 172 cm³/mol. The lowest BCUT2D eigenvalue weighted by molar-refractivity contribution is -0.346. The number of ether oxygens (including phenoxy) is 1. The number of esters is 1. The molecule has 0 aromatic heterocycles. The number of fused-ring (bicyclic) bond motifs is 3. The summed E-state index contributed by atoms with van der Waals surface area (Å²) in [7, 11) is 3.52. The van der Waals surface area contributed by atoms with E-state index in [9.17, 15) is 59.7 Å². The van der Waals surface area contributed by atoms with Crippen molar-refractivity contribution in [2.75, 3.05) is 14.1 Å². The summed E-state index contributed by atoms with van der Waals surface area (Å²) in [6.07, 6.45) is -7.48. The van der Waals surface area contributed by atoms with Gasteiger partial charge in [0.05, 0.1) is 6.42 Å². The molecule has 0 amide bonds. The average molecular weight is 713 g/mol. The van der Waals surface area contributed by atoms with Crippen molar-refractivity contribution in [3.05, 3.63) is 59.2 Å². The number of aliphatic carboxylic acids is 3. The molecule has 8 atom stereocenters. The number of aliphatic hydroxyl groups is 4. The van der Waals surface area contributed by atoms with Gasteiger partial charge in [-0.3, -0.25) is 9.59 Å². The number of rotatable bonds is 11. The van der Waals surface area contributed by atoms with Gasteiger partial charge in [-0.25, -0.2) is 0 Å². The normalized spacial score (nSPS) is 35.4. The van der Waals surface area contributed by atoms with Crippen molar-refractivity contribution in [2.24, 2.45) is 16.7 Å². The molecule has 14 heteroatoms. The summed E-state index contributed by atoms with van der Waals surface area (Å²) < 4.78 is 5.89. The van der Waals surface area contributed by atoms with Gasteiger partial charge in [0.25, 0.3) is 0 Å². The fourth-order valence-corrected chi connectivity index (χ4v) is 9.72. The molecule has 280 valence electrons. The summed E-state index contributed by atoms with van der Waals surface area (Å²) in [4.78, 5) is 66.4. The zero-order valence-corrected chi connectivity index (χ0v) is 29.7. The van der Waals surface area contributed by atoms with E-state index in [0.29, 0.717) is 0 Å². The van der Waals surface area contributed by atoms with Crippen LogP contribution >= 0.6 is 0 Å². The van der Waals surface area contributed by atoms with E-state index < -0.39 is 119 Å². The number of carbonyl (C=O) groups is 5. The highest BCUT2D eigenvalue weighted by atomic mass is 16.5. The molecule has 0 radical (unpaired) electrons. The lowest BCUT2D eigenvalue weighted by atomic mass is 9.37. The first kappa shape index (κ1) is 39.8. The number of nitrogens with zero attached hydrogens (tertiary/aromatic N) is 1. The fourth-order valence-electron chi connectivity index (χ4n) is 9.72. The Morgan fingerprint density at radius 2 is 1.49 bits per heavy atom. The van der Waals surface area contributed by atoms with Crippen molar-refractivity contribution in [3.8, 4) is 0 Å². The van der Waals surface area contributed by atoms with Crippen LogP contribution in [-0.2, 0) is 28.7 Å². The van der Waals surface area contributed by atoms with Crippen molar-refractivity contribution in [3.63, 3.8) is 0 Å². The van der Waals surface area contributed by atoms with Gasteiger partial charge >= 0.3 is 5.97 Å². The zero-order chi connectivity index (χ0) is 38.7. The molecule has 4 N–H and O–H groups in total. The molecule has 2 bridgehead atoms. The van der Waals surface area contributed by atoms with Crippen LogP contribution in [0.1, 0.15) is 84.2 Å². The summed E-state index contributed by atoms with van der Waals surface area (Å²) in [5, 5.41) is 88.5. The Bertz CT molecular complexity index is 1670. The number of ketones is 1. The molecule has 0 heterocycles. The van der Waals surface area contributed by atoms with Crippen LogP contribution in [0.3, 0.4) is 0 Å². The van der Waals surface area contributed by atoms with Crippen LogP contribution < -0.4 is 15.3 Å². The number of allylic oxidation sites excluding steroid dienone is 1. The lowest BCUT2D eigenvalue weighted by Gasteiger charge is -2.71. The molecule has 2 saturated carbocycles. The second kappa shape index (κ2) is 13.2. The third-order valence-electron chi connectivity index (χ3n) is 12.1. The Morgan fingerprint density at radius 3 is 2.00 bits per heavy atom. The summed E-state index contributed by atoms with van der Waals surface area (Å²) >= 11 is 0. The Labute approximate surface area is 296 Å². The second-order valence-electron chi connectivity index (χ2n) is 15.4. The first-order valence-corrected chi connectivity index (χ1v) is 16.7. The largest absolute Gasteiger partial charge is 0.550 e. The Hall–Kier alpha value is -3.95. The number of hydrogen-bond acceptors (Lipinski definition) is 14. The van der Waals surface area contributed by atoms with Crippen molar-refractivity contribution in [1.82, 2.24) is 4.90 Å². The van der Waals surface area contributed by atoms with Gasteiger partial charge in [0.2, 0.25) is 0 Å². The lowest BCUT2D eigenvalue weighted by Crippen LogP contribution is -2.81. The van der Waals surface area contributed by atoms with Crippen LogP contribution in [0.5, 0.6) is 0 Å². The number of Topliss-reactive ketones (excluding diaryl/α,β-unsaturated/α-hetero) is 1. The Morgan fingerprint density at radius 1 is 0.941 bits per heavy atom. The molecule has 0 saturated heterocycles. The van der Waals surface area contributed by atoms with E-state index in [1.165, 1.54) is 27.7 Å². The van der Waals surface area contributed by atoms with E-state index in [1.54, 1.807) is 31.1 Å². The predicted octanol–water partition coefficient (Wildman–Crippen LogP) is -1.76. The zero-order valence-electron chi connectivity index (χ0n) is 29.7. The highest BCUT2D eigenvalue weighted by Crippen LogP contribution is 2.70. The van der Waals surface area contributed by atoms with Crippen LogP contribution in [0.4, 0.5) is 0 Å². The van der Waals surface area contributed by atoms with Gasteiger partial charge in [-0.2, -0.15) is 0 Å². The van der Waals surface area contributed by atoms with Crippen LogP contribution in [0, 0.1) is 16.7 Å². The maximum atomic E-state index is 13.7. The highest BCUT2D eigenvalue weighted by molar-refractivity contribution is 5.99. The molecule has 1 aromatic rings. The molecule has 3 aliphatic rings. The molecule has 3 aliphatic carbocycles. The molecule has 0 spiro atoms. The molecule has 1 aromatic carbocycles. The molecule has 1 unspecified atom stereocenters. The minimum absolute atomic E-state index is 0.176. The summed E-state index contributed by atoms with van der Waals surface area (Å²) in [6, 6.07) is 8.60. The first-order valence-electron chi connectivity index (χ1n) is 16.7. The minimum Gasteiger partial charge on any atom is -0.550 e. The third-order valence-corrected chi connectivity index (χ3v) is 12.1. The van der Waals surface area contributed by atoms with Gasteiger partial charge < -0.3 is 59.8 Å². The molecule has 51 heavy (non-hydrogen) atoms. The van der Waals surface area contributed by atoms with E-state index >= 15 is 0 Å². The SMILES string of the molecule is C=C1[C@@H](OC(=O)CC(c2ccccc2)N(C)C)CC[C@]2(C)[C@@H]1[C@@](O)(CC(=O)[O-])[C@]1(O)CC(=O)C(C)=C(C1(C)C)[C@](O)(CC(=O)[O-])[C@@]2(O)CC(=O)[O-]. The van der Waals surface area contributed by atoms with Gasteiger partial charge in [0.1, 0.15) is 28.5 Å². The highest BCUT2D eigenvalue weighted by Gasteiger charge is 2.78. The Kier molecular flexibility index (Phi) is 10.3. The van der Waals surface area contributed by atoms with Crippen LogP contribution in [0.15, 0.2) is 53.6 Å². The van der Waals surface area contributed by atoms with Gasteiger partial charge in [0, 0.05) is 66.4 Å². The topological polar surface area (TPSA) is 248 Å². The van der Waals surface area contributed by atoms with Gasteiger partial charge in [-0.05, 0) is 56.1 Å². The van der Waals surface area contributed by atoms with Crippen LogP contribution in [0.25, 0.3) is 0 Å². The van der Waals surface area contributed by atoms with Crippen molar-refractivity contribution >= 4 is 29.7 Å². The number of carboxylic acids is 3. The van der Waals surface area contributed by atoms with E-state index in [1.807, 2.05) is 18.2 Å². The van der Waals surface area contributed by atoms with E-state index in [0.717, 1.165) is 5.56 Å². The smallest absolute Gasteiger partial charge is 0.308 e. The number of carboxylic acid groups (broad SMARTS) is 3. The molecular formula is C37H46NO13-3. The quantitative estimate of drug-likeness (QED) is 0.147. The summed E-state index contributed by atoms with van der Waals surface area (Å²) in [6.45, 7) is 8.83. The molecule has 2 fully saturated rings. The van der Waals surface area contributed by atoms with Crippen LogP contribution in [-0.4, -0.2) is 97.6 Å². The average Bonchev–Trinajstić information content (AvgIpc) is 2.99. The summed E-state index contributed by atoms with van der Waals surface area (Å²) in [5.74, 6) is -9.54. The number of carbonyl (C=O) groups excluding carboxylic acids is 5. The second-order valence-corrected chi connectivity index (χ2v) is 15.4. The Balaban J connectivity index is 2.01. The number of hydrogen-bond donors (Lipinski definition) is 4. The van der Waals surface area contributed by atoms with E-state index in [2.05, 4.69) is 6.58 Å². The molecule has 14 nitrogen and oxygen atoms in total. The fraction of sp³-hybridized carbons (Fsp3) is 0.595. The minimum atomic E-state index is -3.20. The van der Waals surface area contributed by atoms with Gasteiger partial charge in [-0.1, -0.05) is 57.7 Å². The van der Waals surface area contributed by atoms with E-state index in [-0.39, 0.29) is 24.0 Å². The summed E-state index contributed by atoms with van der Waals surface area (Å²) in [5.41, 5.74) is -17.1. The maximum Gasteiger partial charge on any atom is 0.308 e. The first-order chi connectivity index (χ1) is 23.3. The van der Waals surface area contributed by atoms with Crippen LogP contribution in [0.2, 0.25) is 0 Å². The van der Waals surface area contributed by atoms with Crippen molar-refractivity contribution in [2.45, 2.75) is 107 Å². The van der Waals surface area contributed by atoms with Gasteiger partial charge in [0.15, 0.2) is 5.78 Å². The monoisotopic (exact) mass is 712 g/mol. The molecule has 0 aliphatic heterocycles. The maximum absolute atomic E-state index is 13.7. The molecular weight excluding hydrogens is 666 g/mol. The van der Waals surface area contributed by atoms with E-state index in [4.69, 9.17) is 4.74 Å². The van der Waals surface area contributed by atoms with Gasteiger partial charge in [-0.15, -0.1) is 0 Å². The standard InChI is InChI=1S/C37H49NO13/c1-20-24(39)16-36(49)32(3,4)30(20)34(47,17-26(40)41)37(50,19-28(44)45)33(5)14-13-25(21(2)31(33)35(36,48)18-27(42)43)51-29(46)15-23(38(6)7)22-11-9-8-10-12-22/h8-12,23,25,31,47-50H,2,13-19H2,1,3-7H3,(H,40,41)(H,42,43)(H,44,45)/p-3/t23?,25-,31+,33+,34+,35-,36-,37+/m0/s1.